The Balaban J connectivity index is 1.61. The van der Waals surface area contributed by atoms with E-state index in [4.69, 9.17) is 23.2 Å². The Morgan fingerprint density at radius 2 is 1.90 bits per heavy atom. The Labute approximate surface area is 195 Å². The molecule has 31 heavy (non-hydrogen) atoms. The smallest absolute Gasteiger partial charge is 0.255 e. The second-order valence-corrected chi connectivity index (χ2v) is 8.82. The lowest BCUT2D eigenvalue weighted by molar-refractivity contribution is -0.116. The minimum absolute atomic E-state index is 0.135. The van der Waals surface area contributed by atoms with Crippen LogP contribution in [0.2, 0.25) is 10.0 Å². The number of halogens is 2. The second-order valence-electron chi connectivity index (χ2n) is 7.00. The van der Waals surface area contributed by atoms with E-state index in [1.807, 2.05) is 38.1 Å². The molecule has 2 amide bonds. The third kappa shape index (κ3) is 6.26. The van der Waals surface area contributed by atoms with Crippen LogP contribution in [-0.2, 0) is 4.79 Å². The number of carbonyl (C=O) groups is 2. The van der Waals surface area contributed by atoms with Crippen LogP contribution in [0, 0.1) is 6.92 Å². The Kier molecular flexibility index (Phi) is 8.01. The van der Waals surface area contributed by atoms with Gasteiger partial charge in [-0.05, 0) is 37.6 Å². The van der Waals surface area contributed by atoms with Crippen molar-refractivity contribution in [2.24, 2.45) is 0 Å². The molecule has 3 aromatic rings. The maximum atomic E-state index is 12.9. The summed E-state index contributed by atoms with van der Waals surface area (Å²) >= 11 is 13.4. The average molecular weight is 477 g/mol. The van der Waals surface area contributed by atoms with Gasteiger partial charge in [0.15, 0.2) is 0 Å². The molecular formula is C22H22Cl2N4O2S. The number of aromatic nitrogens is 2. The number of benzene rings is 2. The Bertz CT molecular complexity index is 1090. The fourth-order valence-electron chi connectivity index (χ4n) is 3.00. The quantitative estimate of drug-likeness (QED) is 0.452. The molecule has 0 saturated heterocycles. The number of hydrogen-bond acceptors (Lipinski definition) is 5. The summed E-state index contributed by atoms with van der Waals surface area (Å²) in [4.78, 5) is 26.9. The zero-order valence-electron chi connectivity index (χ0n) is 17.2. The van der Waals surface area contributed by atoms with E-state index in [0.717, 1.165) is 22.6 Å². The SMILES string of the molecule is CCCN(CCC(=O)Nc1nnc(-c2cccc(C)c2)s1)C(=O)c1ccc(Cl)cc1Cl. The molecule has 0 aliphatic rings. The highest BCUT2D eigenvalue weighted by Gasteiger charge is 2.19. The number of anilines is 1. The summed E-state index contributed by atoms with van der Waals surface area (Å²) in [5.41, 5.74) is 2.45. The van der Waals surface area contributed by atoms with Crippen molar-refractivity contribution in [2.45, 2.75) is 26.7 Å². The third-order valence-electron chi connectivity index (χ3n) is 4.49. The fraction of sp³-hybridized carbons (Fsp3) is 0.273. The normalized spacial score (nSPS) is 10.7. The summed E-state index contributed by atoms with van der Waals surface area (Å²) in [6.45, 7) is 4.76. The van der Waals surface area contributed by atoms with Gasteiger partial charge in [-0.2, -0.15) is 0 Å². The average Bonchev–Trinajstić information content (AvgIpc) is 3.19. The largest absolute Gasteiger partial charge is 0.338 e. The van der Waals surface area contributed by atoms with Crippen molar-refractivity contribution in [1.29, 1.82) is 0 Å². The molecule has 0 spiro atoms. The van der Waals surface area contributed by atoms with Crippen LogP contribution in [0.1, 0.15) is 35.7 Å². The van der Waals surface area contributed by atoms with Crippen LogP contribution in [0.3, 0.4) is 0 Å². The maximum absolute atomic E-state index is 12.9. The van der Waals surface area contributed by atoms with Crippen LogP contribution >= 0.6 is 34.5 Å². The highest BCUT2D eigenvalue weighted by atomic mass is 35.5. The van der Waals surface area contributed by atoms with Gasteiger partial charge in [0.25, 0.3) is 5.91 Å². The first-order chi connectivity index (χ1) is 14.9. The van der Waals surface area contributed by atoms with Crippen molar-refractivity contribution >= 4 is 51.5 Å². The van der Waals surface area contributed by atoms with Crippen LogP contribution in [0.5, 0.6) is 0 Å². The molecule has 0 fully saturated rings. The molecule has 0 radical (unpaired) electrons. The molecule has 0 bridgehead atoms. The second kappa shape index (κ2) is 10.7. The molecule has 162 valence electrons. The number of nitrogens with one attached hydrogen (secondary N) is 1. The molecule has 1 aromatic heterocycles. The van der Waals surface area contributed by atoms with Crippen molar-refractivity contribution in [2.75, 3.05) is 18.4 Å². The molecule has 6 nitrogen and oxygen atoms in total. The number of hydrogen-bond donors (Lipinski definition) is 1. The van der Waals surface area contributed by atoms with Gasteiger partial charge in [-0.1, -0.05) is 65.2 Å². The molecular weight excluding hydrogens is 455 g/mol. The van der Waals surface area contributed by atoms with E-state index in [2.05, 4.69) is 15.5 Å². The maximum Gasteiger partial charge on any atom is 0.255 e. The van der Waals surface area contributed by atoms with E-state index in [9.17, 15) is 9.59 Å². The summed E-state index contributed by atoms with van der Waals surface area (Å²) in [5, 5.41) is 12.9. The Morgan fingerprint density at radius 3 is 2.61 bits per heavy atom. The van der Waals surface area contributed by atoms with Gasteiger partial charge in [0.05, 0.1) is 10.6 Å². The number of carbonyl (C=O) groups excluding carboxylic acids is 2. The van der Waals surface area contributed by atoms with Gasteiger partial charge in [0, 0.05) is 30.1 Å². The van der Waals surface area contributed by atoms with E-state index >= 15 is 0 Å². The summed E-state index contributed by atoms with van der Waals surface area (Å²) in [6.07, 6.45) is 0.894. The summed E-state index contributed by atoms with van der Waals surface area (Å²) < 4.78 is 0. The minimum atomic E-state index is -0.233. The lowest BCUT2D eigenvalue weighted by atomic mass is 10.1. The van der Waals surface area contributed by atoms with E-state index in [0.29, 0.717) is 27.3 Å². The molecule has 9 heteroatoms. The number of amides is 2. The highest BCUT2D eigenvalue weighted by molar-refractivity contribution is 7.18. The number of nitrogens with zero attached hydrogens (tertiary/aromatic N) is 3. The van der Waals surface area contributed by atoms with Crippen LogP contribution in [0.15, 0.2) is 42.5 Å². The van der Waals surface area contributed by atoms with Gasteiger partial charge >= 0.3 is 0 Å². The lowest BCUT2D eigenvalue weighted by Crippen LogP contribution is -2.34. The predicted molar refractivity (Wildman–Crippen MR) is 126 cm³/mol. The molecule has 1 heterocycles. The van der Waals surface area contributed by atoms with E-state index < -0.39 is 0 Å². The van der Waals surface area contributed by atoms with Gasteiger partial charge in [-0.3, -0.25) is 9.59 Å². The van der Waals surface area contributed by atoms with Gasteiger partial charge in [0.2, 0.25) is 11.0 Å². The molecule has 1 N–H and O–H groups in total. The van der Waals surface area contributed by atoms with E-state index in [-0.39, 0.29) is 24.8 Å². The van der Waals surface area contributed by atoms with Crippen molar-refractivity contribution < 1.29 is 9.59 Å². The minimum Gasteiger partial charge on any atom is -0.338 e. The van der Waals surface area contributed by atoms with Crippen LogP contribution in [0.4, 0.5) is 5.13 Å². The van der Waals surface area contributed by atoms with Crippen molar-refractivity contribution in [3.05, 3.63) is 63.6 Å². The first-order valence-electron chi connectivity index (χ1n) is 9.82. The summed E-state index contributed by atoms with van der Waals surface area (Å²) in [7, 11) is 0. The molecule has 0 unspecified atom stereocenters. The summed E-state index contributed by atoms with van der Waals surface area (Å²) in [5.74, 6) is -0.461. The molecule has 3 rings (SSSR count). The van der Waals surface area contributed by atoms with Gasteiger partial charge < -0.3 is 10.2 Å². The lowest BCUT2D eigenvalue weighted by Gasteiger charge is -2.22. The van der Waals surface area contributed by atoms with Crippen molar-refractivity contribution in [1.82, 2.24) is 15.1 Å². The first-order valence-corrected chi connectivity index (χ1v) is 11.4. The fourth-order valence-corrected chi connectivity index (χ4v) is 4.25. The zero-order valence-corrected chi connectivity index (χ0v) is 19.5. The Hall–Kier alpha value is -2.48. The number of rotatable bonds is 8. The highest BCUT2D eigenvalue weighted by Crippen LogP contribution is 2.27. The molecule has 2 aromatic carbocycles. The van der Waals surface area contributed by atoms with Crippen LogP contribution < -0.4 is 5.32 Å². The topological polar surface area (TPSA) is 75.2 Å². The monoisotopic (exact) mass is 476 g/mol. The molecule has 0 aliphatic carbocycles. The zero-order chi connectivity index (χ0) is 22.4. The standard InChI is InChI=1S/C22H22Cl2N4O2S/c1-3-10-28(21(30)17-8-7-16(23)13-18(17)24)11-9-19(29)25-22-27-26-20(31-22)15-6-4-5-14(2)12-15/h4-8,12-13H,3,9-11H2,1-2H3,(H,25,27,29). The van der Waals surface area contributed by atoms with Gasteiger partial charge in [0.1, 0.15) is 5.01 Å². The first kappa shape index (κ1) is 23.2. The Morgan fingerprint density at radius 1 is 1.10 bits per heavy atom. The third-order valence-corrected chi connectivity index (χ3v) is 5.92. The van der Waals surface area contributed by atoms with E-state index in [1.165, 1.54) is 17.4 Å². The molecule has 0 saturated carbocycles. The van der Waals surface area contributed by atoms with Gasteiger partial charge in [-0.15, -0.1) is 10.2 Å². The van der Waals surface area contributed by atoms with E-state index in [1.54, 1.807) is 17.0 Å². The summed E-state index contributed by atoms with van der Waals surface area (Å²) in [6, 6.07) is 12.7. The molecule has 0 aliphatic heterocycles. The van der Waals surface area contributed by atoms with Gasteiger partial charge in [-0.25, -0.2) is 0 Å². The van der Waals surface area contributed by atoms with Crippen LogP contribution in [-0.4, -0.2) is 40.0 Å². The number of aryl methyl sites for hydroxylation is 1. The van der Waals surface area contributed by atoms with Crippen molar-refractivity contribution in [3.8, 4) is 10.6 Å². The van der Waals surface area contributed by atoms with Crippen LogP contribution in [0.25, 0.3) is 10.6 Å². The molecule has 0 atom stereocenters. The van der Waals surface area contributed by atoms with Crippen molar-refractivity contribution in [3.63, 3.8) is 0 Å². The predicted octanol–water partition coefficient (Wildman–Crippen LogP) is 5.70.